The van der Waals surface area contributed by atoms with Crippen LogP contribution in [-0.2, 0) is 0 Å². The van der Waals surface area contributed by atoms with Gasteiger partial charge in [0.25, 0.3) is 0 Å². The second-order valence-corrected chi connectivity index (χ2v) is 7.44. The Morgan fingerprint density at radius 1 is 1.14 bits per heavy atom. The van der Waals surface area contributed by atoms with Gasteiger partial charge in [-0.1, -0.05) is 12.8 Å². The van der Waals surface area contributed by atoms with E-state index in [1.54, 1.807) is 0 Å². The lowest BCUT2D eigenvalue weighted by atomic mass is 9.88. The highest BCUT2D eigenvalue weighted by Crippen LogP contribution is 2.36. The van der Waals surface area contributed by atoms with E-state index in [9.17, 15) is 5.11 Å². The van der Waals surface area contributed by atoms with Gasteiger partial charge in [0.1, 0.15) is 0 Å². The van der Waals surface area contributed by atoms with Gasteiger partial charge in [-0.05, 0) is 50.4 Å². The Kier molecular flexibility index (Phi) is 5.15. The van der Waals surface area contributed by atoms with Crippen molar-refractivity contribution in [3.8, 4) is 6.07 Å². The smallest absolute Gasteiger partial charge is 0.0866 e. The number of rotatable bonds is 6. The van der Waals surface area contributed by atoms with Crippen LogP contribution < -0.4 is 5.32 Å². The molecule has 3 atom stereocenters. The molecule has 2 N–H and O–H groups in total. The summed E-state index contributed by atoms with van der Waals surface area (Å²) in [5.74, 6) is 1.11. The second-order valence-electron chi connectivity index (χ2n) is 7.44. The summed E-state index contributed by atoms with van der Waals surface area (Å²) in [6.45, 7) is 2.51. The first kappa shape index (κ1) is 15.3. The lowest BCUT2D eigenvalue weighted by Gasteiger charge is -2.39. The van der Waals surface area contributed by atoms with Crippen LogP contribution in [0.5, 0.6) is 0 Å². The first-order valence-electron chi connectivity index (χ1n) is 8.78. The van der Waals surface area contributed by atoms with Crippen LogP contribution in [-0.4, -0.2) is 47.8 Å². The Hall–Kier alpha value is -0.630. The van der Waals surface area contributed by atoms with Gasteiger partial charge < -0.3 is 10.4 Å². The summed E-state index contributed by atoms with van der Waals surface area (Å²) in [6, 6.07) is 3.49. The summed E-state index contributed by atoms with van der Waals surface area (Å²) in [6.07, 6.45) is 9.74. The van der Waals surface area contributed by atoms with Gasteiger partial charge in [-0.3, -0.25) is 4.90 Å². The number of nitrogens with one attached hydrogen (secondary N) is 1. The van der Waals surface area contributed by atoms with Crippen LogP contribution in [0, 0.1) is 23.2 Å². The van der Waals surface area contributed by atoms with Crippen LogP contribution in [0.15, 0.2) is 0 Å². The van der Waals surface area contributed by atoms with Crippen molar-refractivity contribution in [3.05, 3.63) is 0 Å². The summed E-state index contributed by atoms with van der Waals surface area (Å²) in [5.41, 5.74) is 0. The van der Waals surface area contributed by atoms with Crippen molar-refractivity contribution in [1.82, 2.24) is 10.2 Å². The summed E-state index contributed by atoms with van der Waals surface area (Å²) < 4.78 is 0. The Bertz CT molecular complexity index is 359. The van der Waals surface area contributed by atoms with Gasteiger partial charge in [-0.15, -0.1) is 0 Å². The van der Waals surface area contributed by atoms with Gasteiger partial charge >= 0.3 is 0 Å². The maximum Gasteiger partial charge on any atom is 0.0866 e. The average molecular weight is 291 g/mol. The fraction of sp³-hybridized carbons (Fsp3) is 0.941. The van der Waals surface area contributed by atoms with E-state index in [1.165, 1.54) is 44.9 Å². The molecular weight excluding hydrogens is 262 g/mol. The first-order chi connectivity index (χ1) is 10.2. The largest absolute Gasteiger partial charge is 0.393 e. The third-order valence-corrected chi connectivity index (χ3v) is 5.47. The van der Waals surface area contributed by atoms with Crippen molar-refractivity contribution in [2.24, 2.45) is 11.8 Å². The van der Waals surface area contributed by atoms with Crippen LogP contribution in [0.3, 0.4) is 0 Å². The number of hydrogen-bond donors (Lipinski definition) is 2. The maximum atomic E-state index is 10.2. The maximum absolute atomic E-state index is 10.2. The van der Waals surface area contributed by atoms with Gasteiger partial charge in [0, 0.05) is 25.2 Å². The lowest BCUT2D eigenvalue weighted by molar-refractivity contribution is 0.0777. The second kappa shape index (κ2) is 7.09. The lowest BCUT2D eigenvalue weighted by Crippen LogP contribution is -2.52. The van der Waals surface area contributed by atoms with Crippen molar-refractivity contribution in [3.63, 3.8) is 0 Å². The Labute approximate surface area is 128 Å². The van der Waals surface area contributed by atoms with E-state index in [1.807, 2.05) is 0 Å². The molecule has 4 nitrogen and oxygen atoms in total. The van der Waals surface area contributed by atoms with Crippen LogP contribution in [0.4, 0.5) is 0 Å². The normalized spacial score (nSPS) is 33.0. The fourth-order valence-corrected chi connectivity index (χ4v) is 4.26. The predicted molar refractivity (Wildman–Crippen MR) is 82.7 cm³/mol. The minimum atomic E-state index is -0.107. The highest BCUT2D eigenvalue weighted by atomic mass is 16.3. The van der Waals surface area contributed by atoms with E-state index in [4.69, 9.17) is 5.26 Å². The van der Waals surface area contributed by atoms with Gasteiger partial charge in [0.05, 0.1) is 18.7 Å². The SMILES string of the molecule is N#CCN1CC(CC(O)C2CC2)CC(NC2CCCC2)C1. The molecule has 0 spiro atoms. The number of hydrogen-bond acceptors (Lipinski definition) is 4. The van der Waals surface area contributed by atoms with Gasteiger partial charge in [0.2, 0.25) is 0 Å². The third kappa shape index (κ3) is 4.42. The molecular formula is C17H29N3O. The number of aliphatic hydroxyl groups is 1. The van der Waals surface area contributed by atoms with E-state index in [2.05, 4.69) is 16.3 Å². The van der Waals surface area contributed by atoms with Crippen LogP contribution in [0.25, 0.3) is 0 Å². The minimum absolute atomic E-state index is 0.107. The molecule has 4 heteroatoms. The average Bonchev–Trinajstić information content (AvgIpc) is 3.18. The zero-order valence-electron chi connectivity index (χ0n) is 13.0. The van der Waals surface area contributed by atoms with Crippen molar-refractivity contribution in [1.29, 1.82) is 5.26 Å². The molecule has 3 rings (SSSR count). The van der Waals surface area contributed by atoms with Crippen molar-refractivity contribution < 1.29 is 5.11 Å². The molecule has 3 fully saturated rings. The Morgan fingerprint density at radius 2 is 1.90 bits per heavy atom. The number of piperidine rings is 1. The Morgan fingerprint density at radius 3 is 2.57 bits per heavy atom. The molecule has 2 aliphatic carbocycles. The molecule has 0 amide bonds. The highest BCUT2D eigenvalue weighted by Gasteiger charge is 2.35. The van der Waals surface area contributed by atoms with Crippen LogP contribution in [0.1, 0.15) is 51.4 Å². The molecule has 3 aliphatic rings. The molecule has 1 aliphatic heterocycles. The molecule has 118 valence electrons. The fourth-order valence-electron chi connectivity index (χ4n) is 4.26. The summed E-state index contributed by atoms with van der Waals surface area (Å²) in [5, 5.41) is 23.0. The van der Waals surface area contributed by atoms with Gasteiger partial charge in [0.15, 0.2) is 0 Å². The van der Waals surface area contributed by atoms with E-state index >= 15 is 0 Å². The van der Waals surface area contributed by atoms with Crippen LogP contribution >= 0.6 is 0 Å². The van der Waals surface area contributed by atoms with E-state index in [0.717, 1.165) is 19.5 Å². The monoisotopic (exact) mass is 291 g/mol. The molecule has 0 aromatic heterocycles. The molecule has 0 radical (unpaired) electrons. The minimum Gasteiger partial charge on any atom is -0.393 e. The number of nitrogens with zero attached hydrogens (tertiary/aromatic N) is 2. The van der Waals surface area contributed by atoms with Crippen LogP contribution in [0.2, 0.25) is 0 Å². The molecule has 1 heterocycles. The van der Waals surface area contributed by atoms with E-state index < -0.39 is 0 Å². The first-order valence-corrected chi connectivity index (χ1v) is 8.78. The molecule has 0 aromatic carbocycles. The standard InChI is InChI=1S/C17H29N3O/c18-7-8-20-11-13(10-17(21)14-5-6-14)9-16(12-20)19-15-3-1-2-4-15/h13-17,19,21H,1-6,8-12H2. The Balaban J connectivity index is 1.53. The third-order valence-electron chi connectivity index (χ3n) is 5.47. The molecule has 1 saturated heterocycles. The molecule has 2 saturated carbocycles. The zero-order chi connectivity index (χ0) is 14.7. The number of likely N-dealkylation sites (tertiary alicyclic amines) is 1. The van der Waals surface area contributed by atoms with E-state index in [-0.39, 0.29) is 6.10 Å². The molecule has 3 unspecified atom stereocenters. The van der Waals surface area contributed by atoms with E-state index in [0.29, 0.717) is 30.5 Å². The topological polar surface area (TPSA) is 59.3 Å². The summed E-state index contributed by atoms with van der Waals surface area (Å²) in [4.78, 5) is 2.28. The molecule has 21 heavy (non-hydrogen) atoms. The van der Waals surface area contributed by atoms with Crippen molar-refractivity contribution in [2.75, 3.05) is 19.6 Å². The summed E-state index contributed by atoms with van der Waals surface area (Å²) in [7, 11) is 0. The molecule has 0 bridgehead atoms. The quantitative estimate of drug-likeness (QED) is 0.734. The highest BCUT2D eigenvalue weighted by molar-refractivity contribution is 4.92. The number of nitriles is 1. The predicted octanol–water partition coefficient (Wildman–Crippen LogP) is 1.89. The van der Waals surface area contributed by atoms with Crippen molar-refractivity contribution >= 4 is 0 Å². The molecule has 0 aromatic rings. The van der Waals surface area contributed by atoms with Crippen molar-refractivity contribution in [2.45, 2.75) is 69.6 Å². The van der Waals surface area contributed by atoms with Gasteiger partial charge in [-0.2, -0.15) is 5.26 Å². The number of aliphatic hydroxyl groups excluding tert-OH is 1. The zero-order valence-corrected chi connectivity index (χ0v) is 13.0. The summed E-state index contributed by atoms with van der Waals surface area (Å²) >= 11 is 0. The van der Waals surface area contributed by atoms with Gasteiger partial charge in [-0.25, -0.2) is 0 Å².